The molecule has 0 saturated carbocycles. The van der Waals surface area contributed by atoms with E-state index in [9.17, 15) is 4.79 Å². The number of aryl methyl sites for hydroxylation is 2. The standard InChI is InChI=1S/C23H24N2O3.C2H6O/c26-14-7-15-27-17-19-16-18(24-28-19)8-5-6-13-25-22-11-3-1-9-20(22)21-10-2-4-12-23(21)25;1-3-2/h1-4,9-12,14,16H,5-8,13,15,17H2;1-2H3. The first kappa shape index (κ1) is 22.7. The largest absolute Gasteiger partial charge is 0.388 e. The summed E-state index contributed by atoms with van der Waals surface area (Å²) in [6.07, 6.45) is 4.25. The third-order valence-electron chi connectivity index (χ3n) is 4.98. The summed E-state index contributed by atoms with van der Waals surface area (Å²) in [6.45, 7) is 1.76. The van der Waals surface area contributed by atoms with E-state index in [0.29, 0.717) is 25.4 Å². The van der Waals surface area contributed by atoms with Crippen LogP contribution in [0.3, 0.4) is 0 Å². The fourth-order valence-corrected chi connectivity index (χ4v) is 3.67. The summed E-state index contributed by atoms with van der Waals surface area (Å²) >= 11 is 0. The molecule has 0 unspecified atom stereocenters. The molecule has 0 aliphatic rings. The molecule has 0 atom stereocenters. The van der Waals surface area contributed by atoms with Gasteiger partial charge in [-0.15, -0.1) is 0 Å². The van der Waals surface area contributed by atoms with Crippen molar-refractivity contribution in [3.05, 3.63) is 66.1 Å². The Morgan fingerprint density at radius 3 is 2.29 bits per heavy atom. The molecule has 0 saturated heterocycles. The molecule has 0 spiro atoms. The van der Waals surface area contributed by atoms with E-state index in [0.717, 1.165) is 37.8 Å². The molecule has 0 aliphatic heterocycles. The average Bonchev–Trinajstić information content (AvgIpc) is 3.38. The number of aromatic nitrogens is 2. The van der Waals surface area contributed by atoms with Gasteiger partial charge in [0.1, 0.15) is 12.9 Å². The highest BCUT2D eigenvalue weighted by Gasteiger charge is 2.09. The van der Waals surface area contributed by atoms with Gasteiger partial charge in [0, 0.05) is 55.1 Å². The lowest BCUT2D eigenvalue weighted by Gasteiger charge is -2.07. The highest BCUT2D eigenvalue weighted by Crippen LogP contribution is 2.29. The van der Waals surface area contributed by atoms with Gasteiger partial charge in [-0.05, 0) is 31.4 Å². The number of carbonyl (C=O) groups excluding carboxylic acids is 1. The molecule has 164 valence electrons. The molecule has 0 radical (unpaired) electrons. The van der Waals surface area contributed by atoms with Gasteiger partial charge in [0.2, 0.25) is 0 Å². The van der Waals surface area contributed by atoms with Crippen LogP contribution in [0.15, 0.2) is 59.1 Å². The Bertz CT molecular complexity index is 1030. The number of carbonyl (C=O) groups is 1. The van der Waals surface area contributed by atoms with Crippen LogP contribution in [0, 0.1) is 0 Å². The second-order valence-electron chi connectivity index (χ2n) is 7.34. The monoisotopic (exact) mass is 422 g/mol. The zero-order valence-electron chi connectivity index (χ0n) is 18.3. The number of ether oxygens (including phenoxy) is 2. The van der Waals surface area contributed by atoms with Crippen molar-refractivity contribution in [3.8, 4) is 0 Å². The maximum Gasteiger partial charge on any atom is 0.162 e. The minimum atomic E-state index is 0.363. The predicted molar refractivity (Wildman–Crippen MR) is 122 cm³/mol. The van der Waals surface area contributed by atoms with Gasteiger partial charge in [-0.2, -0.15) is 0 Å². The third kappa shape index (κ3) is 6.03. The Morgan fingerprint density at radius 2 is 1.65 bits per heavy atom. The molecule has 2 aromatic carbocycles. The normalized spacial score (nSPS) is 10.9. The minimum Gasteiger partial charge on any atom is -0.388 e. The van der Waals surface area contributed by atoms with E-state index in [2.05, 4.69) is 63.0 Å². The summed E-state index contributed by atoms with van der Waals surface area (Å²) in [4.78, 5) is 10.3. The van der Waals surface area contributed by atoms with Gasteiger partial charge in [-0.1, -0.05) is 41.6 Å². The lowest BCUT2D eigenvalue weighted by Crippen LogP contribution is -1.98. The Kier molecular flexibility index (Phi) is 8.82. The number of benzene rings is 2. The quantitative estimate of drug-likeness (QED) is 0.260. The highest BCUT2D eigenvalue weighted by molar-refractivity contribution is 6.07. The van der Waals surface area contributed by atoms with E-state index < -0.39 is 0 Å². The molecular formula is C25H30N2O4. The smallest absolute Gasteiger partial charge is 0.162 e. The number of para-hydroxylation sites is 2. The molecule has 2 heterocycles. The number of fused-ring (bicyclic) bond motifs is 3. The molecule has 0 amide bonds. The number of aldehydes is 1. The third-order valence-corrected chi connectivity index (χ3v) is 4.98. The molecule has 6 heteroatoms. The van der Waals surface area contributed by atoms with E-state index in [4.69, 9.17) is 9.26 Å². The molecule has 0 bridgehead atoms. The van der Waals surface area contributed by atoms with Crippen LogP contribution < -0.4 is 0 Å². The van der Waals surface area contributed by atoms with Gasteiger partial charge in [0.25, 0.3) is 0 Å². The molecule has 4 aromatic rings. The van der Waals surface area contributed by atoms with Crippen molar-refractivity contribution in [3.63, 3.8) is 0 Å². The van der Waals surface area contributed by atoms with Gasteiger partial charge >= 0.3 is 0 Å². The van der Waals surface area contributed by atoms with Crippen molar-refractivity contribution in [2.45, 2.75) is 38.8 Å². The van der Waals surface area contributed by atoms with Gasteiger partial charge in [-0.25, -0.2) is 0 Å². The number of unbranched alkanes of at least 4 members (excludes halogenated alkanes) is 1. The molecule has 6 nitrogen and oxygen atoms in total. The van der Waals surface area contributed by atoms with Crippen molar-refractivity contribution < 1.29 is 18.8 Å². The molecule has 0 fully saturated rings. The van der Waals surface area contributed by atoms with E-state index in [1.165, 1.54) is 21.8 Å². The molecule has 2 aromatic heterocycles. The summed E-state index contributed by atoms with van der Waals surface area (Å²) < 4.78 is 17.3. The number of methoxy groups -OCH3 is 1. The summed E-state index contributed by atoms with van der Waals surface area (Å²) in [5.74, 6) is 0.711. The van der Waals surface area contributed by atoms with E-state index in [-0.39, 0.29) is 0 Å². The Labute approximate surface area is 182 Å². The van der Waals surface area contributed by atoms with Crippen LogP contribution in [0.1, 0.15) is 30.7 Å². The fraction of sp³-hybridized carbons (Fsp3) is 0.360. The van der Waals surface area contributed by atoms with E-state index >= 15 is 0 Å². The average molecular weight is 423 g/mol. The first-order valence-corrected chi connectivity index (χ1v) is 10.6. The van der Waals surface area contributed by atoms with Crippen LogP contribution in [-0.2, 0) is 33.8 Å². The van der Waals surface area contributed by atoms with Crippen molar-refractivity contribution in [2.24, 2.45) is 0 Å². The zero-order valence-corrected chi connectivity index (χ0v) is 18.3. The van der Waals surface area contributed by atoms with Gasteiger partial charge in [-0.3, -0.25) is 0 Å². The number of rotatable bonds is 10. The Balaban J connectivity index is 0.000000858. The van der Waals surface area contributed by atoms with Gasteiger partial charge in [0.05, 0.1) is 12.3 Å². The maximum absolute atomic E-state index is 10.3. The number of hydrogen-bond acceptors (Lipinski definition) is 5. The van der Waals surface area contributed by atoms with E-state index in [1.807, 2.05) is 6.07 Å². The second kappa shape index (κ2) is 12.0. The second-order valence-corrected chi connectivity index (χ2v) is 7.34. The maximum atomic E-state index is 10.3. The van der Waals surface area contributed by atoms with Gasteiger partial charge in [0.15, 0.2) is 5.76 Å². The van der Waals surface area contributed by atoms with Crippen LogP contribution in [0.5, 0.6) is 0 Å². The van der Waals surface area contributed by atoms with Crippen LogP contribution in [0.4, 0.5) is 0 Å². The van der Waals surface area contributed by atoms with E-state index in [1.54, 1.807) is 14.2 Å². The first-order chi connectivity index (χ1) is 15.3. The molecule has 0 aliphatic carbocycles. The zero-order chi connectivity index (χ0) is 21.9. The number of nitrogens with zero attached hydrogens (tertiary/aromatic N) is 2. The predicted octanol–water partition coefficient (Wildman–Crippen LogP) is 5.17. The number of hydrogen-bond donors (Lipinski definition) is 0. The molecule has 31 heavy (non-hydrogen) atoms. The molecular weight excluding hydrogens is 392 g/mol. The Hall–Kier alpha value is -2.96. The summed E-state index contributed by atoms with van der Waals surface area (Å²) in [6, 6.07) is 19.1. The van der Waals surface area contributed by atoms with Crippen molar-refractivity contribution in [1.82, 2.24) is 9.72 Å². The summed E-state index contributed by atoms with van der Waals surface area (Å²) in [5.41, 5.74) is 3.54. The van der Waals surface area contributed by atoms with Crippen molar-refractivity contribution in [1.29, 1.82) is 0 Å². The first-order valence-electron chi connectivity index (χ1n) is 10.6. The lowest BCUT2D eigenvalue weighted by atomic mass is 10.2. The summed E-state index contributed by atoms with van der Waals surface area (Å²) in [7, 11) is 3.25. The Morgan fingerprint density at radius 1 is 1.00 bits per heavy atom. The van der Waals surface area contributed by atoms with Crippen LogP contribution in [0.25, 0.3) is 21.8 Å². The van der Waals surface area contributed by atoms with Crippen LogP contribution >= 0.6 is 0 Å². The minimum absolute atomic E-state index is 0.363. The SMILES string of the molecule is COC.O=CCCOCc1cc(CCCCn2c3ccccc3c3ccccc32)no1. The molecule has 0 N–H and O–H groups in total. The van der Waals surface area contributed by atoms with Crippen molar-refractivity contribution >= 4 is 28.1 Å². The lowest BCUT2D eigenvalue weighted by molar-refractivity contribution is -0.108. The van der Waals surface area contributed by atoms with Crippen LogP contribution in [-0.4, -0.2) is 36.8 Å². The fourth-order valence-electron chi connectivity index (χ4n) is 3.67. The van der Waals surface area contributed by atoms with Gasteiger partial charge < -0.3 is 23.4 Å². The van der Waals surface area contributed by atoms with Crippen LogP contribution in [0.2, 0.25) is 0 Å². The highest BCUT2D eigenvalue weighted by atomic mass is 16.5. The molecule has 4 rings (SSSR count). The van der Waals surface area contributed by atoms with Crippen molar-refractivity contribution in [2.75, 3.05) is 20.8 Å². The topological polar surface area (TPSA) is 66.5 Å². The summed E-state index contributed by atoms with van der Waals surface area (Å²) in [5, 5.41) is 6.75.